The number of hydrogen-bond donors (Lipinski definition) is 2. The van der Waals surface area contributed by atoms with Gasteiger partial charge in [-0.2, -0.15) is 5.10 Å². The fourth-order valence-corrected chi connectivity index (χ4v) is 2.98. The number of thiophene rings is 1. The topological polar surface area (TPSA) is 55.9 Å². The molecule has 2 rings (SSSR count). The normalized spacial score (nSPS) is 12.8. The van der Waals surface area contributed by atoms with Gasteiger partial charge in [-0.05, 0) is 43.7 Å². The smallest absolute Gasteiger partial charge is 0.0632 e. The van der Waals surface area contributed by atoms with Crippen molar-refractivity contribution in [2.24, 2.45) is 5.84 Å². The standard InChI is InChI=1S/C14H22N4S/c1-3-11-10-14(18(4-2)17-11)13(16-15)8-7-12-6-5-9-19-12/h5-6,9-10,13,16H,3-4,7-8,15H2,1-2H3. The predicted octanol–water partition coefficient (Wildman–Crippen LogP) is 2.66. The molecule has 0 saturated carbocycles. The first kappa shape index (κ1) is 14.2. The van der Waals surface area contributed by atoms with Gasteiger partial charge in [0, 0.05) is 11.4 Å². The molecule has 19 heavy (non-hydrogen) atoms. The highest BCUT2D eigenvalue weighted by molar-refractivity contribution is 7.09. The summed E-state index contributed by atoms with van der Waals surface area (Å²) in [5.41, 5.74) is 5.26. The maximum absolute atomic E-state index is 5.73. The minimum atomic E-state index is 0.162. The van der Waals surface area contributed by atoms with Crippen molar-refractivity contribution in [1.82, 2.24) is 15.2 Å². The average Bonchev–Trinajstić information content (AvgIpc) is 3.08. The van der Waals surface area contributed by atoms with Crippen LogP contribution in [-0.4, -0.2) is 9.78 Å². The molecule has 0 radical (unpaired) electrons. The van der Waals surface area contributed by atoms with Crippen LogP contribution in [0.4, 0.5) is 0 Å². The van der Waals surface area contributed by atoms with Crippen LogP contribution >= 0.6 is 11.3 Å². The predicted molar refractivity (Wildman–Crippen MR) is 80.0 cm³/mol. The van der Waals surface area contributed by atoms with Crippen LogP contribution in [0.2, 0.25) is 0 Å². The summed E-state index contributed by atoms with van der Waals surface area (Å²) in [5, 5.41) is 6.70. The SMILES string of the molecule is CCc1cc(C(CCc2cccs2)NN)n(CC)n1. The minimum Gasteiger partial charge on any atom is -0.271 e. The van der Waals surface area contributed by atoms with Crippen LogP contribution in [0.5, 0.6) is 0 Å². The van der Waals surface area contributed by atoms with E-state index in [1.54, 1.807) is 11.3 Å². The second kappa shape index (κ2) is 6.84. The van der Waals surface area contributed by atoms with E-state index < -0.39 is 0 Å². The number of nitrogens with two attached hydrogens (primary N) is 1. The molecule has 0 aliphatic heterocycles. The number of hydrogen-bond acceptors (Lipinski definition) is 4. The molecule has 5 heteroatoms. The average molecular weight is 278 g/mol. The maximum atomic E-state index is 5.73. The van der Waals surface area contributed by atoms with E-state index in [0.29, 0.717) is 0 Å². The first-order valence-electron chi connectivity index (χ1n) is 6.83. The molecule has 104 valence electrons. The van der Waals surface area contributed by atoms with E-state index in [0.717, 1.165) is 31.5 Å². The zero-order chi connectivity index (χ0) is 13.7. The molecule has 0 aliphatic carbocycles. The van der Waals surface area contributed by atoms with Crippen molar-refractivity contribution in [2.75, 3.05) is 0 Å². The van der Waals surface area contributed by atoms with Gasteiger partial charge in [0.1, 0.15) is 0 Å². The van der Waals surface area contributed by atoms with Crippen molar-refractivity contribution >= 4 is 11.3 Å². The first-order chi connectivity index (χ1) is 9.28. The van der Waals surface area contributed by atoms with Gasteiger partial charge in [-0.15, -0.1) is 11.3 Å². The van der Waals surface area contributed by atoms with Gasteiger partial charge in [-0.1, -0.05) is 13.0 Å². The quantitative estimate of drug-likeness (QED) is 0.605. The van der Waals surface area contributed by atoms with Gasteiger partial charge >= 0.3 is 0 Å². The van der Waals surface area contributed by atoms with Gasteiger partial charge in [-0.3, -0.25) is 16.0 Å². The highest BCUT2D eigenvalue weighted by Crippen LogP contribution is 2.21. The van der Waals surface area contributed by atoms with Crippen LogP contribution in [0, 0.1) is 0 Å². The molecular formula is C14H22N4S. The molecule has 1 atom stereocenters. The molecule has 0 spiro atoms. The van der Waals surface area contributed by atoms with E-state index in [4.69, 9.17) is 5.84 Å². The molecule has 0 fully saturated rings. The Bertz CT molecular complexity index is 490. The highest BCUT2D eigenvalue weighted by atomic mass is 32.1. The van der Waals surface area contributed by atoms with Crippen molar-refractivity contribution in [1.29, 1.82) is 0 Å². The largest absolute Gasteiger partial charge is 0.271 e. The summed E-state index contributed by atoms with van der Waals surface area (Å²) in [5.74, 6) is 5.73. The minimum absolute atomic E-state index is 0.162. The number of hydrazine groups is 1. The molecule has 0 aromatic carbocycles. The van der Waals surface area contributed by atoms with Crippen molar-refractivity contribution in [3.8, 4) is 0 Å². The van der Waals surface area contributed by atoms with Gasteiger partial charge in [-0.25, -0.2) is 0 Å². The van der Waals surface area contributed by atoms with Gasteiger partial charge in [0.2, 0.25) is 0 Å². The highest BCUT2D eigenvalue weighted by Gasteiger charge is 2.16. The van der Waals surface area contributed by atoms with Crippen LogP contribution in [0.3, 0.4) is 0 Å². The van der Waals surface area contributed by atoms with E-state index in [9.17, 15) is 0 Å². The van der Waals surface area contributed by atoms with Crippen LogP contribution in [-0.2, 0) is 19.4 Å². The van der Waals surface area contributed by atoms with Crippen molar-refractivity contribution in [2.45, 2.75) is 45.7 Å². The summed E-state index contributed by atoms with van der Waals surface area (Å²) in [6, 6.07) is 6.60. The summed E-state index contributed by atoms with van der Waals surface area (Å²) >= 11 is 1.80. The van der Waals surface area contributed by atoms with Gasteiger partial charge in [0.15, 0.2) is 0 Å². The van der Waals surface area contributed by atoms with Crippen LogP contribution in [0.25, 0.3) is 0 Å². The Morgan fingerprint density at radius 1 is 1.47 bits per heavy atom. The van der Waals surface area contributed by atoms with Crippen molar-refractivity contribution < 1.29 is 0 Å². The third kappa shape index (κ3) is 3.43. The maximum Gasteiger partial charge on any atom is 0.0632 e. The van der Waals surface area contributed by atoms with E-state index in [2.05, 4.69) is 52.6 Å². The molecule has 1 unspecified atom stereocenters. The Labute approximate surface area is 118 Å². The lowest BCUT2D eigenvalue weighted by Gasteiger charge is -2.16. The Morgan fingerprint density at radius 3 is 2.89 bits per heavy atom. The monoisotopic (exact) mass is 278 g/mol. The summed E-state index contributed by atoms with van der Waals surface area (Å²) in [6.07, 6.45) is 3.00. The van der Waals surface area contributed by atoms with Crippen molar-refractivity contribution in [3.63, 3.8) is 0 Å². The molecule has 4 nitrogen and oxygen atoms in total. The lowest BCUT2D eigenvalue weighted by Crippen LogP contribution is -2.30. The van der Waals surface area contributed by atoms with E-state index >= 15 is 0 Å². The number of rotatable bonds is 7. The summed E-state index contributed by atoms with van der Waals surface area (Å²) in [4.78, 5) is 1.40. The van der Waals surface area contributed by atoms with Crippen LogP contribution in [0.1, 0.15) is 42.6 Å². The van der Waals surface area contributed by atoms with Crippen LogP contribution < -0.4 is 11.3 Å². The third-order valence-electron chi connectivity index (χ3n) is 3.34. The Balaban J connectivity index is 2.09. The molecule has 2 heterocycles. The second-order valence-electron chi connectivity index (χ2n) is 4.57. The van der Waals surface area contributed by atoms with E-state index in [1.807, 2.05) is 0 Å². The molecular weight excluding hydrogens is 256 g/mol. The van der Waals surface area contributed by atoms with E-state index in [-0.39, 0.29) is 6.04 Å². The number of nitrogens with one attached hydrogen (secondary N) is 1. The molecule has 2 aromatic heterocycles. The summed E-state index contributed by atoms with van der Waals surface area (Å²) < 4.78 is 2.05. The second-order valence-corrected chi connectivity index (χ2v) is 5.60. The zero-order valence-electron chi connectivity index (χ0n) is 11.6. The molecule has 0 amide bonds. The fraction of sp³-hybridized carbons (Fsp3) is 0.500. The third-order valence-corrected chi connectivity index (χ3v) is 4.28. The lowest BCUT2D eigenvalue weighted by atomic mass is 10.1. The van der Waals surface area contributed by atoms with Crippen molar-refractivity contribution in [3.05, 3.63) is 39.8 Å². The molecule has 0 aliphatic rings. The number of nitrogens with zero attached hydrogens (tertiary/aromatic N) is 2. The molecule has 0 bridgehead atoms. The lowest BCUT2D eigenvalue weighted by molar-refractivity contribution is 0.467. The Kier molecular flexibility index (Phi) is 5.13. The number of aryl methyl sites for hydroxylation is 3. The number of aromatic nitrogens is 2. The summed E-state index contributed by atoms with van der Waals surface area (Å²) in [7, 11) is 0. The fourth-order valence-electron chi connectivity index (χ4n) is 2.25. The molecule has 3 N–H and O–H groups in total. The van der Waals surface area contributed by atoms with Crippen LogP contribution in [0.15, 0.2) is 23.6 Å². The molecule has 2 aromatic rings. The first-order valence-corrected chi connectivity index (χ1v) is 7.71. The van der Waals surface area contributed by atoms with Gasteiger partial charge < -0.3 is 0 Å². The van der Waals surface area contributed by atoms with Gasteiger partial charge in [0.05, 0.1) is 17.4 Å². The summed E-state index contributed by atoms with van der Waals surface area (Å²) in [6.45, 7) is 5.12. The van der Waals surface area contributed by atoms with E-state index in [1.165, 1.54) is 10.6 Å². The zero-order valence-corrected chi connectivity index (χ0v) is 12.4. The Morgan fingerprint density at radius 2 is 2.32 bits per heavy atom. The molecule has 0 saturated heterocycles. The van der Waals surface area contributed by atoms with Gasteiger partial charge in [0.25, 0.3) is 0 Å². The Hall–Kier alpha value is -1.17.